The van der Waals surface area contributed by atoms with Gasteiger partial charge in [0.25, 0.3) is 0 Å². The SMILES string of the molecule is CC/C=C/C=C/C=C/CCCCCCCCCC(=O)OC(COC(=O)CCCCCCC/C=C/C=C/C=C/CC)COC(=O)CCCCCCCCCCCCCCCCCC. The number of unbranched alkanes of at least 4 members (excludes halogenated alkanes) is 27. The highest BCUT2D eigenvalue weighted by Gasteiger charge is 2.19. The van der Waals surface area contributed by atoms with E-state index in [9.17, 15) is 14.4 Å². The van der Waals surface area contributed by atoms with Crippen LogP contribution < -0.4 is 0 Å². The molecule has 1 unspecified atom stereocenters. The molecule has 0 aromatic carbocycles. The summed E-state index contributed by atoms with van der Waals surface area (Å²) in [6.07, 6.45) is 63.1. The van der Waals surface area contributed by atoms with Gasteiger partial charge >= 0.3 is 17.9 Å². The Kier molecular flexibility index (Phi) is 47.9. The van der Waals surface area contributed by atoms with Gasteiger partial charge in [-0.3, -0.25) is 14.4 Å². The van der Waals surface area contributed by atoms with Gasteiger partial charge in [0, 0.05) is 19.3 Å². The van der Waals surface area contributed by atoms with E-state index in [2.05, 4.69) is 93.7 Å². The summed E-state index contributed by atoms with van der Waals surface area (Å²) in [5.74, 6) is -0.915. The van der Waals surface area contributed by atoms with E-state index >= 15 is 0 Å². The van der Waals surface area contributed by atoms with E-state index in [0.717, 1.165) is 96.3 Å². The van der Waals surface area contributed by atoms with Crippen molar-refractivity contribution in [3.05, 3.63) is 72.9 Å². The van der Waals surface area contributed by atoms with E-state index in [1.54, 1.807) is 0 Å². The van der Waals surface area contributed by atoms with E-state index in [-0.39, 0.29) is 31.1 Å². The minimum atomic E-state index is -0.788. The Labute approximate surface area is 382 Å². The highest BCUT2D eigenvalue weighted by atomic mass is 16.6. The van der Waals surface area contributed by atoms with Crippen LogP contribution in [0.4, 0.5) is 0 Å². The highest BCUT2D eigenvalue weighted by molar-refractivity contribution is 5.71. The predicted octanol–water partition coefficient (Wildman–Crippen LogP) is 17.0. The molecule has 0 N–H and O–H groups in total. The summed E-state index contributed by atoms with van der Waals surface area (Å²) in [5.41, 5.74) is 0. The number of hydrogen-bond donors (Lipinski definition) is 0. The lowest BCUT2D eigenvalue weighted by Crippen LogP contribution is -2.30. The Morgan fingerprint density at radius 1 is 0.339 bits per heavy atom. The van der Waals surface area contributed by atoms with Crippen LogP contribution in [0.15, 0.2) is 72.9 Å². The van der Waals surface area contributed by atoms with Crippen LogP contribution in [0.1, 0.15) is 245 Å². The van der Waals surface area contributed by atoms with Crippen LogP contribution in [-0.4, -0.2) is 37.2 Å². The molecule has 0 aliphatic heterocycles. The zero-order valence-corrected chi connectivity index (χ0v) is 40.6. The third-order valence-electron chi connectivity index (χ3n) is 11.1. The molecule has 0 saturated carbocycles. The molecule has 0 bridgehead atoms. The van der Waals surface area contributed by atoms with Crippen molar-refractivity contribution in [2.24, 2.45) is 0 Å². The zero-order chi connectivity index (χ0) is 45.1. The van der Waals surface area contributed by atoms with E-state index in [1.807, 2.05) is 0 Å². The number of allylic oxidation sites excluding steroid dienone is 12. The van der Waals surface area contributed by atoms with Gasteiger partial charge in [-0.2, -0.15) is 0 Å². The standard InChI is InChI=1S/C56H96O6/c1-4-7-10-13-16-19-22-25-27-29-31-34-37-40-43-46-49-55(58)61-52-53(51-60-54(57)48-45-42-39-36-33-30-24-21-18-15-12-9-6-3)62-56(59)50-47-44-41-38-35-32-28-26-23-20-17-14-11-8-5-2/h8-9,11-12,14-15,17-18,20-21,23-24,53H,4-7,10,13,16,19,22,25-52H2,1-3H3/b11-8+,12-9+,17-14+,18-15+,23-20+,24-21+. The maximum Gasteiger partial charge on any atom is 0.306 e. The second-order valence-corrected chi connectivity index (χ2v) is 17.2. The third-order valence-corrected chi connectivity index (χ3v) is 11.1. The van der Waals surface area contributed by atoms with Gasteiger partial charge in [-0.05, 0) is 57.8 Å². The van der Waals surface area contributed by atoms with Crippen molar-refractivity contribution in [2.75, 3.05) is 13.2 Å². The van der Waals surface area contributed by atoms with Crippen molar-refractivity contribution < 1.29 is 28.6 Å². The second-order valence-electron chi connectivity index (χ2n) is 17.2. The Balaban J connectivity index is 4.40. The minimum Gasteiger partial charge on any atom is -0.462 e. The smallest absolute Gasteiger partial charge is 0.306 e. The molecule has 0 aliphatic carbocycles. The molecule has 0 fully saturated rings. The average Bonchev–Trinajstić information content (AvgIpc) is 3.27. The van der Waals surface area contributed by atoms with E-state index in [0.29, 0.717) is 19.3 Å². The maximum atomic E-state index is 12.8. The molecule has 62 heavy (non-hydrogen) atoms. The molecule has 0 amide bonds. The summed E-state index contributed by atoms with van der Waals surface area (Å²) in [6.45, 7) is 6.36. The van der Waals surface area contributed by atoms with Gasteiger partial charge in [0.05, 0.1) is 0 Å². The normalized spacial score (nSPS) is 12.6. The van der Waals surface area contributed by atoms with Crippen LogP contribution in [0.5, 0.6) is 0 Å². The number of carbonyl (C=O) groups is 3. The van der Waals surface area contributed by atoms with Gasteiger partial charge in [-0.15, -0.1) is 0 Å². The number of ether oxygens (including phenoxy) is 3. The van der Waals surface area contributed by atoms with Crippen LogP contribution in [0.3, 0.4) is 0 Å². The largest absolute Gasteiger partial charge is 0.462 e. The quantitative estimate of drug-likeness (QED) is 0.0262. The summed E-state index contributed by atoms with van der Waals surface area (Å²) in [5, 5.41) is 0. The molecule has 0 aliphatic rings. The number of rotatable bonds is 46. The molecule has 0 saturated heterocycles. The molecule has 356 valence electrons. The van der Waals surface area contributed by atoms with Crippen LogP contribution >= 0.6 is 0 Å². The summed E-state index contributed by atoms with van der Waals surface area (Å²) in [6, 6.07) is 0. The summed E-state index contributed by atoms with van der Waals surface area (Å²) in [4.78, 5) is 38.0. The molecule has 0 spiro atoms. The molecule has 0 radical (unpaired) electrons. The van der Waals surface area contributed by atoms with Gasteiger partial charge in [-0.1, -0.05) is 241 Å². The van der Waals surface area contributed by atoms with Crippen molar-refractivity contribution in [2.45, 2.75) is 252 Å². The van der Waals surface area contributed by atoms with Crippen LogP contribution in [0, 0.1) is 0 Å². The number of carbonyl (C=O) groups excluding carboxylic acids is 3. The Hall–Kier alpha value is -3.15. The number of hydrogen-bond acceptors (Lipinski definition) is 6. The van der Waals surface area contributed by atoms with E-state index < -0.39 is 6.10 Å². The fourth-order valence-corrected chi connectivity index (χ4v) is 7.21. The average molecular weight is 865 g/mol. The van der Waals surface area contributed by atoms with Gasteiger partial charge in [0.1, 0.15) is 13.2 Å². The Morgan fingerprint density at radius 3 is 0.968 bits per heavy atom. The van der Waals surface area contributed by atoms with Crippen LogP contribution in [0.25, 0.3) is 0 Å². The van der Waals surface area contributed by atoms with Gasteiger partial charge in [0.15, 0.2) is 6.10 Å². The molecule has 0 rings (SSSR count). The first-order valence-electron chi connectivity index (χ1n) is 26.0. The summed E-state index contributed by atoms with van der Waals surface area (Å²) < 4.78 is 16.8. The lowest BCUT2D eigenvalue weighted by atomic mass is 10.0. The Morgan fingerprint density at radius 2 is 0.629 bits per heavy atom. The molecular formula is C56H96O6. The topological polar surface area (TPSA) is 78.9 Å². The minimum absolute atomic E-state index is 0.0855. The maximum absolute atomic E-state index is 12.8. The number of esters is 3. The predicted molar refractivity (Wildman–Crippen MR) is 265 cm³/mol. The summed E-state index contributed by atoms with van der Waals surface area (Å²) in [7, 11) is 0. The van der Waals surface area contributed by atoms with Crippen molar-refractivity contribution in [3.8, 4) is 0 Å². The van der Waals surface area contributed by atoms with Crippen molar-refractivity contribution in [1.29, 1.82) is 0 Å². The van der Waals surface area contributed by atoms with Gasteiger partial charge in [0.2, 0.25) is 0 Å². The molecule has 0 aromatic heterocycles. The molecule has 0 aromatic rings. The fourth-order valence-electron chi connectivity index (χ4n) is 7.21. The molecule has 6 nitrogen and oxygen atoms in total. The molecular weight excluding hydrogens is 769 g/mol. The third kappa shape index (κ3) is 47.9. The lowest BCUT2D eigenvalue weighted by Gasteiger charge is -2.18. The molecule has 1 atom stereocenters. The highest BCUT2D eigenvalue weighted by Crippen LogP contribution is 2.16. The van der Waals surface area contributed by atoms with E-state index in [1.165, 1.54) is 109 Å². The molecule has 0 heterocycles. The van der Waals surface area contributed by atoms with E-state index in [4.69, 9.17) is 14.2 Å². The summed E-state index contributed by atoms with van der Waals surface area (Å²) >= 11 is 0. The Bertz CT molecular complexity index is 1180. The van der Waals surface area contributed by atoms with Crippen LogP contribution in [-0.2, 0) is 28.6 Å². The van der Waals surface area contributed by atoms with Crippen molar-refractivity contribution >= 4 is 17.9 Å². The first-order valence-corrected chi connectivity index (χ1v) is 26.0. The van der Waals surface area contributed by atoms with Gasteiger partial charge in [-0.25, -0.2) is 0 Å². The first kappa shape index (κ1) is 58.9. The monoisotopic (exact) mass is 865 g/mol. The first-order chi connectivity index (χ1) is 30.5. The van der Waals surface area contributed by atoms with Gasteiger partial charge < -0.3 is 14.2 Å². The lowest BCUT2D eigenvalue weighted by molar-refractivity contribution is -0.167. The molecule has 6 heteroatoms. The second kappa shape index (κ2) is 50.5. The van der Waals surface area contributed by atoms with Crippen molar-refractivity contribution in [3.63, 3.8) is 0 Å². The zero-order valence-electron chi connectivity index (χ0n) is 40.6. The fraction of sp³-hybridized carbons (Fsp3) is 0.732. The van der Waals surface area contributed by atoms with Crippen LogP contribution in [0.2, 0.25) is 0 Å². The van der Waals surface area contributed by atoms with Crippen molar-refractivity contribution in [1.82, 2.24) is 0 Å².